The largest absolute Gasteiger partial charge is 0.478 e. The molecule has 2 atom stereocenters. The van der Waals surface area contributed by atoms with Crippen molar-refractivity contribution in [2.75, 3.05) is 25.1 Å². The van der Waals surface area contributed by atoms with Crippen molar-refractivity contribution in [3.05, 3.63) is 40.6 Å². The fraction of sp³-hybridized carbons (Fsp3) is 0.480. The second-order valence-electron chi connectivity index (χ2n) is 10.9. The van der Waals surface area contributed by atoms with Crippen LogP contribution in [-0.4, -0.2) is 94.8 Å². The van der Waals surface area contributed by atoms with Crippen LogP contribution in [0.3, 0.4) is 0 Å². The minimum atomic E-state index is -1.77. The lowest BCUT2D eigenvalue weighted by Gasteiger charge is -2.49. The summed E-state index contributed by atoms with van der Waals surface area (Å²) in [6.45, 7) is 2.90. The standard InChI is InChI=1S/C25H29N7O7S2/c1-25(2,23(37)38)39-29-15(18-28-24(26)41-30-18)19(33)27-16-20(34)31-17(22(35)36)14(11-40-21(16)31)10-32(3)8-12-6-4-5-7-13(12)9-32/h8-9,16,21H,4-7,10-11H2,1-3H3,(H4-,26,27,28,30,33,35,36,37,38)/p+1/b29-15-/t16-,21-/m1/s1. The number of fused-ring (bicyclic) bond motifs is 2. The van der Waals surface area contributed by atoms with E-state index >= 15 is 0 Å². The predicted octanol–water partition coefficient (Wildman–Crippen LogP) is 1.24. The summed E-state index contributed by atoms with van der Waals surface area (Å²) in [5, 5.41) is 25.1. The summed E-state index contributed by atoms with van der Waals surface area (Å²) in [6, 6.07) is -1.05. The second kappa shape index (κ2) is 10.6. The number of anilines is 1. The molecule has 41 heavy (non-hydrogen) atoms. The van der Waals surface area contributed by atoms with Crippen LogP contribution in [0.2, 0.25) is 0 Å². The number of hydrogen-bond acceptors (Lipinski definition) is 11. The van der Waals surface area contributed by atoms with E-state index in [1.54, 1.807) is 0 Å². The van der Waals surface area contributed by atoms with Crippen molar-refractivity contribution in [2.24, 2.45) is 5.16 Å². The number of aromatic nitrogens is 2. The molecule has 2 amide bonds. The molecule has 14 nitrogen and oxygen atoms in total. The number of nitrogens with two attached hydrogens (primary N) is 1. The Labute approximate surface area is 243 Å². The van der Waals surface area contributed by atoms with Gasteiger partial charge in [-0.25, -0.2) is 9.59 Å². The van der Waals surface area contributed by atoms with Crippen molar-refractivity contribution in [1.82, 2.24) is 19.6 Å². The highest BCUT2D eigenvalue weighted by Crippen LogP contribution is 2.42. The molecule has 0 unspecified atom stereocenters. The Bertz CT molecular complexity index is 1440. The summed E-state index contributed by atoms with van der Waals surface area (Å²) >= 11 is 2.15. The highest BCUT2D eigenvalue weighted by atomic mass is 32.2. The van der Waals surface area contributed by atoms with E-state index in [1.807, 2.05) is 7.05 Å². The minimum Gasteiger partial charge on any atom is -0.478 e. The highest BCUT2D eigenvalue weighted by Gasteiger charge is 2.55. The van der Waals surface area contributed by atoms with Crippen LogP contribution in [-0.2, 0) is 24.0 Å². The van der Waals surface area contributed by atoms with Crippen molar-refractivity contribution in [3.63, 3.8) is 0 Å². The number of rotatable bonds is 9. The van der Waals surface area contributed by atoms with Gasteiger partial charge in [0.25, 0.3) is 11.8 Å². The number of oxime groups is 1. The van der Waals surface area contributed by atoms with Gasteiger partial charge in [-0.05, 0) is 39.5 Å². The maximum absolute atomic E-state index is 13.3. The average molecular weight is 605 g/mol. The third kappa shape index (κ3) is 5.46. The number of hydrogen-bond donors (Lipinski definition) is 4. The van der Waals surface area contributed by atoms with E-state index in [0.717, 1.165) is 37.2 Å². The molecule has 1 saturated carbocycles. The number of β-lactam (4-membered cyclic amide) rings is 1. The summed E-state index contributed by atoms with van der Waals surface area (Å²) < 4.78 is 4.40. The zero-order valence-corrected chi connectivity index (χ0v) is 24.3. The molecule has 1 aliphatic carbocycles. The molecule has 1 saturated heterocycles. The number of quaternary nitrogens is 1. The minimum absolute atomic E-state index is 0.0374. The molecule has 0 bridgehead atoms. The summed E-state index contributed by atoms with van der Waals surface area (Å²) in [5.74, 6) is -3.85. The Morgan fingerprint density at radius 2 is 1.90 bits per heavy atom. The van der Waals surface area contributed by atoms with Crippen molar-refractivity contribution in [3.8, 4) is 0 Å². The lowest BCUT2D eigenvalue weighted by molar-refractivity contribution is -0.799. The number of carboxylic acids is 2. The van der Waals surface area contributed by atoms with Gasteiger partial charge in [0, 0.05) is 34.0 Å². The summed E-state index contributed by atoms with van der Waals surface area (Å²) in [5.41, 5.74) is 6.60. The first-order chi connectivity index (χ1) is 19.3. The Balaban J connectivity index is 1.35. The van der Waals surface area contributed by atoms with Crippen LogP contribution in [0.1, 0.15) is 45.4 Å². The Morgan fingerprint density at radius 1 is 1.24 bits per heavy atom. The number of likely N-dealkylation sites (N-methyl/N-ethyl adjacent to an activating group) is 1. The fourth-order valence-corrected chi connectivity index (χ4v) is 7.00. The molecule has 0 aromatic carbocycles. The number of thioether (sulfide) groups is 1. The molecular weight excluding hydrogens is 574 g/mol. The molecule has 5 rings (SSSR count). The van der Waals surface area contributed by atoms with Gasteiger partial charge in [0.2, 0.25) is 17.1 Å². The molecule has 3 aliphatic heterocycles. The number of carbonyl (C=O) groups is 4. The van der Waals surface area contributed by atoms with Gasteiger partial charge in [-0.2, -0.15) is 9.36 Å². The van der Waals surface area contributed by atoms with Crippen molar-refractivity contribution in [1.29, 1.82) is 0 Å². The number of allylic oxidation sites excluding steroid dienone is 2. The predicted molar refractivity (Wildman–Crippen MR) is 149 cm³/mol. The Kier molecular flexibility index (Phi) is 7.42. The molecule has 1 aromatic heterocycles. The van der Waals surface area contributed by atoms with E-state index in [4.69, 9.17) is 10.6 Å². The van der Waals surface area contributed by atoms with Crippen LogP contribution in [0, 0.1) is 0 Å². The van der Waals surface area contributed by atoms with Crippen molar-refractivity contribution in [2.45, 2.75) is 56.5 Å². The lowest BCUT2D eigenvalue weighted by Crippen LogP contribution is -2.71. The maximum atomic E-state index is 13.3. The molecule has 5 N–H and O–H groups in total. The normalized spacial score (nSPS) is 23.6. The number of nitrogens with zero attached hydrogens (tertiary/aromatic N) is 5. The Hall–Kier alpha value is -3.76. The van der Waals surface area contributed by atoms with E-state index in [0.29, 0.717) is 22.4 Å². The quantitative estimate of drug-likeness (QED) is 0.137. The van der Waals surface area contributed by atoms with Gasteiger partial charge in [-0.1, -0.05) is 5.16 Å². The van der Waals surface area contributed by atoms with E-state index < -0.39 is 46.5 Å². The average Bonchev–Trinajstić information content (AvgIpc) is 3.48. The fourth-order valence-electron chi connectivity index (χ4n) is 5.23. The number of carbonyl (C=O) groups excluding carboxylic acids is 2. The van der Waals surface area contributed by atoms with Gasteiger partial charge in [-0.15, -0.1) is 11.8 Å². The number of nitrogens with one attached hydrogen (secondary N) is 1. The van der Waals surface area contributed by atoms with Gasteiger partial charge in [0.1, 0.15) is 36.1 Å². The molecule has 4 aliphatic rings. The van der Waals surface area contributed by atoms with Crippen molar-refractivity contribution >= 4 is 57.9 Å². The Morgan fingerprint density at radius 3 is 2.46 bits per heavy atom. The first kappa shape index (κ1) is 28.8. The van der Waals surface area contributed by atoms with Crippen LogP contribution in [0.5, 0.6) is 0 Å². The van der Waals surface area contributed by atoms with E-state index in [9.17, 15) is 29.4 Å². The molecular formula is C25H30N7O7S2+. The van der Waals surface area contributed by atoms with Crippen LogP contribution in [0.25, 0.3) is 0 Å². The second-order valence-corrected chi connectivity index (χ2v) is 12.8. The van der Waals surface area contributed by atoms with E-state index in [2.05, 4.69) is 32.2 Å². The van der Waals surface area contributed by atoms with Gasteiger partial charge < -0.3 is 26.1 Å². The van der Waals surface area contributed by atoms with Gasteiger partial charge >= 0.3 is 11.9 Å². The zero-order chi connectivity index (χ0) is 29.7. The first-order valence-electron chi connectivity index (χ1n) is 12.9. The molecule has 1 aromatic rings. The van der Waals surface area contributed by atoms with Crippen LogP contribution in [0.15, 0.2) is 40.0 Å². The molecule has 218 valence electrons. The number of amides is 2. The maximum Gasteiger partial charge on any atom is 0.352 e. The van der Waals surface area contributed by atoms with Crippen LogP contribution in [0.4, 0.5) is 5.13 Å². The number of carboxylic acid groups (broad SMARTS) is 2. The smallest absolute Gasteiger partial charge is 0.352 e. The topological polar surface area (TPSA) is 197 Å². The summed E-state index contributed by atoms with van der Waals surface area (Å²) in [6.07, 6.45) is 8.65. The molecule has 2 fully saturated rings. The highest BCUT2D eigenvalue weighted by molar-refractivity contribution is 8.00. The van der Waals surface area contributed by atoms with Gasteiger partial charge in [0.15, 0.2) is 5.13 Å². The summed E-state index contributed by atoms with van der Waals surface area (Å²) in [4.78, 5) is 60.5. The molecule has 0 radical (unpaired) electrons. The number of nitrogen functional groups attached to an aromatic ring is 1. The third-order valence-electron chi connectivity index (χ3n) is 7.27. The van der Waals surface area contributed by atoms with Gasteiger partial charge in [0.05, 0.1) is 7.05 Å². The zero-order valence-electron chi connectivity index (χ0n) is 22.6. The molecule has 0 spiro atoms. The number of aliphatic carboxylic acids is 2. The van der Waals surface area contributed by atoms with Crippen LogP contribution >= 0.6 is 23.3 Å². The molecule has 4 heterocycles. The lowest BCUT2D eigenvalue weighted by atomic mass is 9.92. The monoisotopic (exact) mass is 604 g/mol. The first-order valence-corrected chi connectivity index (χ1v) is 14.7. The van der Waals surface area contributed by atoms with Crippen LogP contribution < -0.4 is 11.1 Å². The third-order valence-corrected chi connectivity index (χ3v) is 9.16. The molecule has 16 heteroatoms. The van der Waals surface area contributed by atoms with E-state index in [-0.39, 0.29) is 16.7 Å². The van der Waals surface area contributed by atoms with Gasteiger partial charge in [-0.3, -0.25) is 19.0 Å². The van der Waals surface area contributed by atoms with Crippen molar-refractivity contribution < 1.29 is 38.7 Å². The summed E-state index contributed by atoms with van der Waals surface area (Å²) in [7, 11) is 2.02. The van der Waals surface area contributed by atoms with E-state index in [1.165, 1.54) is 41.7 Å². The SMILES string of the molecule is CC(C)(O/N=C(\C(=O)N[C@@H]1C(=O)N2C(C(=O)O)=C(C[N+]3(C)C=C4CCCCC4=C3)CS[C@H]12)c1nsc(N)n1)C(=O)O.